The van der Waals surface area contributed by atoms with Gasteiger partial charge in [0.15, 0.2) is 0 Å². The Morgan fingerprint density at radius 2 is 1.80 bits per heavy atom. The first-order chi connectivity index (χ1) is 9.24. The van der Waals surface area contributed by atoms with E-state index in [2.05, 4.69) is 5.10 Å². The number of hydrogen-bond acceptors (Lipinski definition) is 2. The van der Waals surface area contributed by atoms with Gasteiger partial charge in [-0.15, -0.1) is 11.8 Å². The predicted molar refractivity (Wildman–Crippen MR) is 75.4 cm³/mol. The second-order valence-electron chi connectivity index (χ2n) is 3.71. The Morgan fingerprint density at radius 1 is 1.15 bits per heavy atom. The lowest BCUT2D eigenvalue weighted by atomic mass is 10.1. The van der Waals surface area contributed by atoms with Crippen molar-refractivity contribution < 1.29 is 13.2 Å². The molecule has 0 saturated carbocycles. The van der Waals surface area contributed by atoms with Crippen molar-refractivity contribution >= 4 is 46.6 Å². The van der Waals surface area contributed by atoms with Crippen LogP contribution < -0.4 is 0 Å². The summed E-state index contributed by atoms with van der Waals surface area (Å²) in [4.78, 5) is 0. The molecule has 0 unspecified atom stereocenters. The molecule has 0 spiro atoms. The second-order valence-corrected chi connectivity index (χ2v) is 5.76. The molecule has 0 amide bonds. The van der Waals surface area contributed by atoms with Gasteiger partial charge < -0.3 is 0 Å². The van der Waals surface area contributed by atoms with E-state index in [9.17, 15) is 13.2 Å². The van der Waals surface area contributed by atoms with Crippen LogP contribution in [-0.2, 0) is 6.18 Å². The summed E-state index contributed by atoms with van der Waals surface area (Å²) in [6.45, 7) is 0. The van der Waals surface area contributed by atoms with Gasteiger partial charge in [0.25, 0.3) is 0 Å². The maximum Gasteiger partial charge on any atom is 0.418 e. The first kappa shape index (κ1) is 15.8. The van der Waals surface area contributed by atoms with Gasteiger partial charge in [0.2, 0.25) is 0 Å². The number of thioether (sulfide) groups is 1. The summed E-state index contributed by atoms with van der Waals surface area (Å²) in [6, 6.07) is 2.03. The molecular weight excluding hydrogens is 356 g/mol. The molecule has 9 heteroatoms. The Bertz CT molecular complexity index is 655. The number of halogens is 6. The summed E-state index contributed by atoms with van der Waals surface area (Å²) < 4.78 is 40.3. The average Bonchev–Trinajstić information content (AvgIpc) is 2.68. The second kappa shape index (κ2) is 5.67. The summed E-state index contributed by atoms with van der Waals surface area (Å²) in [7, 11) is 0. The van der Waals surface area contributed by atoms with Crippen LogP contribution in [0.2, 0.25) is 15.1 Å². The van der Waals surface area contributed by atoms with Crippen LogP contribution in [-0.4, -0.2) is 16.0 Å². The van der Waals surface area contributed by atoms with Gasteiger partial charge in [-0.3, -0.25) is 0 Å². The van der Waals surface area contributed by atoms with E-state index in [1.807, 2.05) is 0 Å². The molecule has 0 radical (unpaired) electrons. The number of nitrogens with zero attached hydrogens (tertiary/aromatic N) is 2. The molecule has 20 heavy (non-hydrogen) atoms. The van der Waals surface area contributed by atoms with Gasteiger partial charge in [0.05, 0.1) is 27.5 Å². The fraction of sp³-hybridized carbons (Fsp3) is 0.182. The van der Waals surface area contributed by atoms with Gasteiger partial charge in [-0.1, -0.05) is 34.8 Å². The van der Waals surface area contributed by atoms with Crippen LogP contribution >= 0.6 is 46.6 Å². The lowest BCUT2D eigenvalue weighted by Gasteiger charge is -2.14. The summed E-state index contributed by atoms with van der Waals surface area (Å²) in [6.07, 6.45) is -1.62. The highest BCUT2D eigenvalue weighted by molar-refractivity contribution is 7.98. The maximum absolute atomic E-state index is 13.1. The highest BCUT2D eigenvalue weighted by Gasteiger charge is 2.36. The Kier molecular flexibility index (Phi) is 4.49. The molecule has 2 aromatic rings. The maximum atomic E-state index is 13.1. The van der Waals surface area contributed by atoms with Crippen LogP contribution in [0.5, 0.6) is 0 Å². The van der Waals surface area contributed by atoms with Gasteiger partial charge in [-0.2, -0.15) is 18.3 Å². The first-order valence-electron chi connectivity index (χ1n) is 5.10. The van der Waals surface area contributed by atoms with Crippen molar-refractivity contribution in [3.05, 3.63) is 39.0 Å². The third kappa shape index (κ3) is 3.03. The topological polar surface area (TPSA) is 17.8 Å². The van der Waals surface area contributed by atoms with Gasteiger partial charge in [-0.25, -0.2) is 4.68 Å². The average molecular weight is 362 g/mol. The number of aromatic nitrogens is 2. The third-order valence-corrected chi connectivity index (χ3v) is 3.98. The Labute approximate surface area is 131 Å². The lowest BCUT2D eigenvalue weighted by molar-refractivity contribution is -0.137. The largest absolute Gasteiger partial charge is 0.418 e. The SMILES string of the molecule is CSc1nn(-c2c(Cl)cc(Cl)cc2C(F)(F)F)cc1Cl. The van der Waals surface area contributed by atoms with Crippen molar-refractivity contribution in [3.63, 3.8) is 0 Å². The zero-order valence-corrected chi connectivity index (χ0v) is 12.9. The molecule has 2 nitrogen and oxygen atoms in total. The van der Waals surface area contributed by atoms with Crippen molar-refractivity contribution in [3.8, 4) is 5.69 Å². The monoisotopic (exact) mass is 360 g/mol. The highest BCUT2D eigenvalue weighted by atomic mass is 35.5. The minimum atomic E-state index is -4.61. The van der Waals surface area contributed by atoms with Gasteiger partial charge >= 0.3 is 6.18 Å². The molecule has 0 fully saturated rings. The van der Waals surface area contributed by atoms with Crippen LogP contribution in [0.25, 0.3) is 5.69 Å². The van der Waals surface area contributed by atoms with E-state index < -0.39 is 11.7 Å². The molecule has 1 aromatic heterocycles. The molecule has 0 aliphatic rings. The zero-order valence-electron chi connectivity index (χ0n) is 9.80. The lowest BCUT2D eigenvalue weighted by Crippen LogP contribution is -2.12. The van der Waals surface area contributed by atoms with Crippen molar-refractivity contribution in [1.29, 1.82) is 0 Å². The molecule has 2 rings (SSSR count). The normalized spacial score (nSPS) is 11.9. The standard InChI is InChI=1S/C11H6Cl3F3N2S/c1-20-10-8(14)4-19(18-10)9-6(11(15,16)17)2-5(12)3-7(9)13/h2-4H,1H3. The molecule has 0 N–H and O–H groups in total. The van der Waals surface area contributed by atoms with Crippen LogP contribution in [0.1, 0.15) is 5.56 Å². The molecule has 0 saturated heterocycles. The van der Waals surface area contributed by atoms with Crippen molar-refractivity contribution in [1.82, 2.24) is 9.78 Å². The van der Waals surface area contributed by atoms with Gasteiger partial charge in [-0.05, 0) is 18.4 Å². The molecule has 0 aliphatic heterocycles. The van der Waals surface area contributed by atoms with Crippen molar-refractivity contribution in [2.24, 2.45) is 0 Å². The van der Waals surface area contributed by atoms with Crippen molar-refractivity contribution in [2.75, 3.05) is 6.26 Å². The zero-order chi connectivity index (χ0) is 15.1. The number of hydrogen-bond donors (Lipinski definition) is 0. The van der Waals surface area contributed by atoms with E-state index >= 15 is 0 Å². The Balaban J connectivity index is 2.72. The fourth-order valence-electron chi connectivity index (χ4n) is 1.60. The predicted octanol–water partition coefficient (Wildman–Crippen LogP) is 5.57. The minimum absolute atomic E-state index is 0.102. The molecule has 108 valence electrons. The summed E-state index contributed by atoms with van der Waals surface area (Å²) in [5, 5.41) is 4.38. The fourth-order valence-corrected chi connectivity index (χ4v) is 2.96. The van der Waals surface area contributed by atoms with Gasteiger partial charge in [0, 0.05) is 5.02 Å². The van der Waals surface area contributed by atoms with Gasteiger partial charge in [0.1, 0.15) is 5.03 Å². The summed E-state index contributed by atoms with van der Waals surface area (Å²) >= 11 is 18.6. The molecule has 1 aromatic carbocycles. The first-order valence-corrected chi connectivity index (χ1v) is 7.45. The van der Waals surface area contributed by atoms with E-state index in [0.29, 0.717) is 5.03 Å². The van der Waals surface area contributed by atoms with Crippen LogP contribution in [0, 0.1) is 0 Å². The third-order valence-electron chi connectivity index (χ3n) is 2.39. The summed E-state index contributed by atoms with van der Waals surface area (Å²) in [5.74, 6) is 0. The smallest absolute Gasteiger partial charge is 0.236 e. The van der Waals surface area contributed by atoms with E-state index in [1.54, 1.807) is 6.26 Å². The quantitative estimate of drug-likeness (QED) is 0.650. The van der Waals surface area contributed by atoms with Crippen molar-refractivity contribution in [2.45, 2.75) is 11.2 Å². The molecule has 0 atom stereocenters. The molecule has 0 aliphatic carbocycles. The van der Waals surface area contributed by atoms with Crippen LogP contribution in [0.3, 0.4) is 0 Å². The summed E-state index contributed by atoms with van der Waals surface area (Å²) in [5.41, 5.74) is -1.27. The van der Waals surface area contributed by atoms with E-state index in [1.165, 1.54) is 24.0 Å². The highest BCUT2D eigenvalue weighted by Crippen LogP contribution is 2.40. The van der Waals surface area contributed by atoms with Crippen LogP contribution in [0.4, 0.5) is 13.2 Å². The Morgan fingerprint density at radius 3 is 2.30 bits per heavy atom. The molecule has 0 bridgehead atoms. The van der Waals surface area contributed by atoms with E-state index in [0.717, 1.165) is 10.7 Å². The van der Waals surface area contributed by atoms with E-state index in [4.69, 9.17) is 34.8 Å². The molecular formula is C11H6Cl3F3N2S. The van der Waals surface area contributed by atoms with E-state index in [-0.39, 0.29) is 20.8 Å². The number of rotatable bonds is 2. The number of benzene rings is 1. The Hall–Kier alpha value is -0.560. The van der Waals surface area contributed by atoms with Crippen LogP contribution in [0.15, 0.2) is 23.4 Å². The minimum Gasteiger partial charge on any atom is -0.236 e. The molecule has 1 heterocycles. The number of alkyl halides is 3.